The molecular weight excluding hydrogens is 522 g/mol. The van der Waals surface area contributed by atoms with E-state index in [0.717, 1.165) is 57.8 Å². The Kier molecular flexibility index (Phi) is 6.69. The van der Waals surface area contributed by atoms with Gasteiger partial charge in [0.2, 0.25) is 5.91 Å². The van der Waals surface area contributed by atoms with Gasteiger partial charge in [0, 0.05) is 29.8 Å². The van der Waals surface area contributed by atoms with Crippen LogP contribution in [0.1, 0.15) is 123 Å². The molecule has 0 aromatic carbocycles. The highest BCUT2D eigenvalue weighted by Gasteiger charge is 2.69. The second-order valence-corrected chi connectivity index (χ2v) is 16.7. The van der Waals surface area contributed by atoms with Crippen LogP contribution in [0.15, 0.2) is 36.2 Å². The third-order valence-electron chi connectivity index (χ3n) is 14.1. The number of hydrogen-bond donors (Lipinski definition) is 2. The third kappa shape index (κ3) is 4.02. The first-order valence-electron chi connectivity index (χ1n) is 16.4. The second kappa shape index (κ2) is 9.50. The normalized spacial score (nSPS) is 41.6. The molecule has 0 spiro atoms. The van der Waals surface area contributed by atoms with Crippen LogP contribution in [-0.4, -0.2) is 22.6 Å². The summed E-state index contributed by atoms with van der Waals surface area (Å²) in [4.78, 5) is 44.0. The van der Waals surface area contributed by atoms with Gasteiger partial charge in [0.15, 0.2) is 0 Å². The molecule has 6 nitrogen and oxygen atoms in total. The summed E-state index contributed by atoms with van der Waals surface area (Å²) in [6.07, 6.45) is 15.4. The summed E-state index contributed by atoms with van der Waals surface area (Å²) >= 11 is 0. The minimum Gasteiger partial charge on any atom is -0.299 e. The van der Waals surface area contributed by atoms with E-state index in [1.165, 1.54) is 5.57 Å². The number of carbonyl (C=O) groups is 3. The van der Waals surface area contributed by atoms with E-state index in [2.05, 4.69) is 70.4 Å². The minimum atomic E-state index is -0.518. The predicted octanol–water partition coefficient (Wildman–Crippen LogP) is 7.21. The number of fused-ring (bicyclic) bond motifs is 7. The number of nitrogens with zero attached hydrogens (tertiary/aromatic N) is 1. The van der Waals surface area contributed by atoms with E-state index in [-0.39, 0.29) is 44.8 Å². The van der Waals surface area contributed by atoms with Gasteiger partial charge in [0.25, 0.3) is 5.91 Å². The SMILES string of the molecule is CC1(C)CC[C@]2(C(=O)NNC(=O)c3ccncc3)CC[C@]3(C)C(=CC[C@@H]4[C@@]5(C)CCC(=O)C(C)(C)[C@@H]5CC[C@]43C)[C@@H]2C1. The lowest BCUT2D eigenvalue weighted by Gasteiger charge is -2.70. The molecule has 4 saturated carbocycles. The molecule has 5 aliphatic rings. The molecule has 0 unspecified atom stereocenters. The molecule has 5 aliphatic carbocycles. The summed E-state index contributed by atoms with van der Waals surface area (Å²) in [5, 5.41) is 0. The van der Waals surface area contributed by atoms with Crippen LogP contribution in [0.4, 0.5) is 0 Å². The van der Waals surface area contributed by atoms with Gasteiger partial charge in [-0.2, -0.15) is 0 Å². The van der Waals surface area contributed by atoms with E-state index in [1.54, 1.807) is 24.5 Å². The molecule has 4 fully saturated rings. The molecule has 0 radical (unpaired) electrons. The molecule has 2 amide bonds. The van der Waals surface area contributed by atoms with Crippen molar-refractivity contribution >= 4 is 17.6 Å². The minimum absolute atomic E-state index is 0.0116. The van der Waals surface area contributed by atoms with Crippen LogP contribution < -0.4 is 10.9 Å². The average Bonchev–Trinajstić information content (AvgIpc) is 2.94. The molecule has 6 rings (SSSR count). The van der Waals surface area contributed by atoms with Gasteiger partial charge in [-0.1, -0.05) is 60.1 Å². The van der Waals surface area contributed by atoms with E-state index < -0.39 is 5.41 Å². The van der Waals surface area contributed by atoms with Crippen molar-refractivity contribution in [2.24, 2.45) is 50.2 Å². The number of nitrogens with one attached hydrogen (secondary N) is 2. The van der Waals surface area contributed by atoms with Gasteiger partial charge >= 0.3 is 0 Å². The zero-order valence-corrected chi connectivity index (χ0v) is 26.9. The van der Waals surface area contributed by atoms with Crippen LogP contribution in [0, 0.1) is 50.2 Å². The highest BCUT2D eigenvalue weighted by Crippen LogP contribution is 2.75. The van der Waals surface area contributed by atoms with Crippen LogP contribution in [-0.2, 0) is 9.59 Å². The Balaban J connectivity index is 1.34. The maximum atomic E-state index is 14.2. The van der Waals surface area contributed by atoms with Crippen LogP contribution >= 0.6 is 0 Å². The molecule has 7 atom stereocenters. The molecule has 42 heavy (non-hydrogen) atoms. The molecular formula is C36H51N3O3. The molecule has 1 aromatic heterocycles. The van der Waals surface area contributed by atoms with Crippen molar-refractivity contribution in [3.05, 3.63) is 41.7 Å². The van der Waals surface area contributed by atoms with E-state index in [4.69, 9.17) is 0 Å². The van der Waals surface area contributed by atoms with Crippen molar-refractivity contribution in [3.63, 3.8) is 0 Å². The van der Waals surface area contributed by atoms with Gasteiger partial charge in [0.05, 0.1) is 5.41 Å². The van der Waals surface area contributed by atoms with Crippen LogP contribution in [0.25, 0.3) is 0 Å². The highest BCUT2D eigenvalue weighted by molar-refractivity contribution is 5.96. The molecule has 6 heteroatoms. The Morgan fingerprint density at radius 3 is 2.26 bits per heavy atom. The molecule has 1 heterocycles. The smallest absolute Gasteiger partial charge is 0.269 e. The summed E-state index contributed by atoms with van der Waals surface area (Å²) in [6.45, 7) is 16.7. The number of hydrogen-bond acceptors (Lipinski definition) is 4. The lowest BCUT2D eigenvalue weighted by atomic mass is 9.33. The summed E-state index contributed by atoms with van der Waals surface area (Å²) in [5.74, 6) is 1.20. The molecule has 1 aromatic rings. The quantitative estimate of drug-likeness (QED) is 0.289. The number of ketones is 1. The van der Waals surface area contributed by atoms with Crippen molar-refractivity contribution < 1.29 is 14.4 Å². The van der Waals surface area contributed by atoms with Crippen LogP contribution in [0.3, 0.4) is 0 Å². The number of allylic oxidation sites excluding steroid dienone is 2. The standard InChI is InChI=1S/C36H51N3O3/c1-31(2)16-18-36(30(42)39-38-29(41)23-12-20-37-21-13-23)19-17-34(6)24(25(36)22-31)8-9-27-33(5)14-11-28(40)32(3,4)26(33)10-15-35(27,34)7/h8,12-13,20-21,25-27H,9-11,14-19,22H2,1-7H3,(H,38,41)(H,39,42)/t25-,26-,27+,33-,34+,35+,36-/m0/s1. The van der Waals surface area contributed by atoms with Crippen molar-refractivity contribution in [1.29, 1.82) is 0 Å². The Morgan fingerprint density at radius 1 is 0.857 bits per heavy atom. The lowest BCUT2D eigenvalue weighted by molar-refractivity contribution is -0.186. The van der Waals surface area contributed by atoms with E-state index in [9.17, 15) is 14.4 Å². The molecule has 2 N–H and O–H groups in total. The van der Waals surface area contributed by atoms with Gasteiger partial charge in [-0.15, -0.1) is 0 Å². The number of hydrazine groups is 1. The summed E-state index contributed by atoms with van der Waals surface area (Å²) in [5.41, 5.74) is 7.23. The van der Waals surface area contributed by atoms with Crippen molar-refractivity contribution in [1.82, 2.24) is 15.8 Å². The maximum Gasteiger partial charge on any atom is 0.269 e. The molecule has 228 valence electrons. The first-order valence-corrected chi connectivity index (χ1v) is 16.4. The summed E-state index contributed by atoms with van der Waals surface area (Å²) < 4.78 is 0. The Bertz CT molecular complexity index is 1330. The van der Waals surface area contributed by atoms with Gasteiger partial charge < -0.3 is 0 Å². The molecule has 0 saturated heterocycles. The number of aromatic nitrogens is 1. The number of carbonyl (C=O) groups excluding carboxylic acids is 3. The van der Waals surface area contributed by atoms with Crippen LogP contribution in [0.2, 0.25) is 0 Å². The number of rotatable bonds is 2. The maximum absolute atomic E-state index is 14.2. The van der Waals surface area contributed by atoms with Gasteiger partial charge in [0.1, 0.15) is 5.78 Å². The topological polar surface area (TPSA) is 88.2 Å². The van der Waals surface area contributed by atoms with Gasteiger partial charge in [-0.3, -0.25) is 30.2 Å². The van der Waals surface area contributed by atoms with E-state index in [1.807, 2.05) is 0 Å². The average molecular weight is 574 g/mol. The summed E-state index contributed by atoms with van der Waals surface area (Å²) in [7, 11) is 0. The van der Waals surface area contributed by atoms with Gasteiger partial charge in [-0.05, 0) is 109 Å². The third-order valence-corrected chi connectivity index (χ3v) is 14.1. The largest absolute Gasteiger partial charge is 0.299 e. The number of pyridine rings is 1. The molecule has 0 aliphatic heterocycles. The first kappa shape index (κ1) is 29.6. The second-order valence-electron chi connectivity index (χ2n) is 16.7. The lowest BCUT2D eigenvalue weighted by Crippen LogP contribution is -2.65. The predicted molar refractivity (Wildman–Crippen MR) is 164 cm³/mol. The van der Waals surface area contributed by atoms with Crippen molar-refractivity contribution in [2.45, 2.75) is 113 Å². The number of amides is 2. The fourth-order valence-corrected chi connectivity index (χ4v) is 11.3. The Morgan fingerprint density at radius 2 is 1.55 bits per heavy atom. The van der Waals surface area contributed by atoms with Crippen LogP contribution in [0.5, 0.6) is 0 Å². The fourth-order valence-electron chi connectivity index (χ4n) is 11.3. The van der Waals surface area contributed by atoms with Crippen molar-refractivity contribution in [3.8, 4) is 0 Å². The number of Topliss-reactive ketones (excluding diaryl/α,β-unsaturated/α-hetero) is 1. The fraction of sp³-hybridized carbons (Fsp3) is 0.722. The summed E-state index contributed by atoms with van der Waals surface area (Å²) in [6, 6.07) is 3.31. The van der Waals surface area contributed by atoms with Crippen molar-refractivity contribution in [2.75, 3.05) is 0 Å². The Labute approximate surface area is 252 Å². The van der Waals surface area contributed by atoms with Gasteiger partial charge in [-0.25, -0.2) is 0 Å². The van der Waals surface area contributed by atoms with E-state index in [0.29, 0.717) is 29.6 Å². The Hall–Kier alpha value is -2.50. The zero-order chi connectivity index (χ0) is 30.3. The highest BCUT2D eigenvalue weighted by atomic mass is 16.2. The van der Waals surface area contributed by atoms with E-state index >= 15 is 0 Å². The monoisotopic (exact) mass is 573 g/mol. The first-order chi connectivity index (χ1) is 19.6. The molecule has 0 bridgehead atoms. The zero-order valence-electron chi connectivity index (χ0n) is 26.9.